The van der Waals surface area contributed by atoms with Gasteiger partial charge in [-0.1, -0.05) is 12.8 Å². The van der Waals surface area contributed by atoms with Gasteiger partial charge >= 0.3 is 5.97 Å². The molecule has 3 rings (SSSR count). The van der Waals surface area contributed by atoms with E-state index < -0.39 is 5.97 Å². The van der Waals surface area contributed by atoms with Crippen LogP contribution in [0.25, 0.3) is 0 Å². The molecule has 2 fully saturated rings. The first-order valence-corrected chi connectivity index (χ1v) is 7.14. The standard InChI is InChI=1S/C13H20N4O2/c18-12(19)10-5-7-17(8-6-10)13-14-11(15-16-13)9-3-1-2-4-9/h9-10H,1-8H2,(H,18,19)(H,14,15,16). The van der Waals surface area contributed by atoms with Gasteiger partial charge in [-0.2, -0.15) is 4.98 Å². The molecule has 19 heavy (non-hydrogen) atoms. The van der Waals surface area contributed by atoms with E-state index in [1.54, 1.807) is 0 Å². The lowest BCUT2D eigenvalue weighted by molar-refractivity contribution is -0.142. The van der Waals surface area contributed by atoms with Crippen LogP contribution in [-0.4, -0.2) is 39.3 Å². The van der Waals surface area contributed by atoms with Gasteiger partial charge in [-0.05, 0) is 25.7 Å². The summed E-state index contributed by atoms with van der Waals surface area (Å²) in [5, 5.41) is 16.3. The topological polar surface area (TPSA) is 82.1 Å². The molecule has 1 saturated carbocycles. The van der Waals surface area contributed by atoms with Gasteiger partial charge in [0.2, 0.25) is 5.95 Å². The normalized spacial score (nSPS) is 22.0. The Hall–Kier alpha value is -1.59. The molecule has 1 aliphatic heterocycles. The predicted octanol–water partition coefficient (Wildman–Crippen LogP) is 1.76. The van der Waals surface area contributed by atoms with E-state index in [-0.39, 0.29) is 5.92 Å². The van der Waals surface area contributed by atoms with Crippen molar-refractivity contribution in [1.29, 1.82) is 0 Å². The van der Waals surface area contributed by atoms with Crippen LogP contribution in [0.15, 0.2) is 0 Å². The van der Waals surface area contributed by atoms with E-state index in [0.29, 0.717) is 18.8 Å². The first-order valence-electron chi connectivity index (χ1n) is 7.14. The molecule has 1 aliphatic carbocycles. The van der Waals surface area contributed by atoms with Crippen molar-refractivity contribution in [3.05, 3.63) is 5.82 Å². The highest BCUT2D eigenvalue weighted by molar-refractivity contribution is 5.70. The third-order valence-electron chi connectivity index (χ3n) is 4.36. The molecule has 6 nitrogen and oxygen atoms in total. The predicted molar refractivity (Wildman–Crippen MR) is 70.2 cm³/mol. The molecule has 0 amide bonds. The average Bonchev–Trinajstić information content (AvgIpc) is 3.10. The Morgan fingerprint density at radius 1 is 1.21 bits per heavy atom. The number of aromatic nitrogens is 3. The van der Waals surface area contributed by atoms with Crippen molar-refractivity contribution in [2.24, 2.45) is 5.92 Å². The number of carboxylic acid groups (broad SMARTS) is 1. The SMILES string of the molecule is O=C(O)C1CCN(c2n[nH]c(C3CCCC3)n2)CC1. The lowest BCUT2D eigenvalue weighted by Crippen LogP contribution is -2.36. The first kappa shape index (κ1) is 12.4. The zero-order valence-electron chi connectivity index (χ0n) is 11.0. The molecule has 2 N–H and O–H groups in total. The highest BCUT2D eigenvalue weighted by Gasteiger charge is 2.27. The third-order valence-corrected chi connectivity index (χ3v) is 4.36. The van der Waals surface area contributed by atoms with Gasteiger partial charge in [-0.25, -0.2) is 0 Å². The monoisotopic (exact) mass is 264 g/mol. The minimum absolute atomic E-state index is 0.204. The van der Waals surface area contributed by atoms with E-state index in [1.165, 1.54) is 25.7 Å². The number of anilines is 1. The van der Waals surface area contributed by atoms with Crippen LogP contribution in [0.4, 0.5) is 5.95 Å². The molecule has 104 valence electrons. The molecule has 2 aliphatic rings. The third kappa shape index (κ3) is 2.57. The van der Waals surface area contributed by atoms with Gasteiger partial charge in [0.05, 0.1) is 5.92 Å². The van der Waals surface area contributed by atoms with Crippen molar-refractivity contribution in [2.75, 3.05) is 18.0 Å². The minimum atomic E-state index is -0.679. The molecule has 1 saturated heterocycles. The van der Waals surface area contributed by atoms with E-state index in [1.807, 2.05) is 0 Å². The number of aliphatic carboxylic acids is 1. The van der Waals surface area contributed by atoms with Crippen LogP contribution in [0, 0.1) is 5.92 Å². The molecule has 0 unspecified atom stereocenters. The van der Waals surface area contributed by atoms with Crippen LogP contribution in [0.1, 0.15) is 50.3 Å². The van der Waals surface area contributed by atoms with Crippen molar-refractivity contribution < 1.29 is 9.90 Å². The average molecular weight is 264 g/mol. The Morgan fingerprint density at radius 3 is 2.53 bits per heavy atom. The summed E-state index contributed by atoms with van der Waals surface area (Å²) in [7, 11) is 0. The van der Waals surface area contributed by atoms with Gasteiger partial charge in [0, 0.05) is 19.0 Å². The molecular weight excluding hydrogens is 244 g/mol. The number of rotatable bonds is 3. The van der Waals surface area contributed by atoms with Gasteiger partial charge in [0.1, 0.15) is 5.82 Å². The molecule has 2 heterocycles. The minimum Gasteiger partial charge on any atom is -0.481 e. The quantitative estimate of drug-likeness (QED) is 0.869. The largest absolute Gasteiger partial charge is 0.481 e. The van der Waals surface area contributed by atoms with Gasteiger partial charge in [0.25, 0.3) is 0 Å². The zero-order chi connectivity index (χ0) is 13.2. The van der Waals surface area contributed by atoms with Crippen molar-refractivity contribution in [2.45, 2.75) is 44.4 Å². The van der Waals surface area contributed by atoms with Gasteiger partial charge in [-0.15, -0.1) is 5.10 Å². The van der Waals surface area contributed by atoms with Gasteiger partial charge in [-0.3, -0.25) is 9.89 Å². The second-order valence-corrected chi connectivity index (χ2v) is 5.60. The fourth-order valence-corrected chi connectivity index (χ4v) is 3.11. The summed E-state index contributed by atoms with van der Waals surface area (Å²) in [6.45, 7) is 1.47. The summed E-state index contributed by atoms with van der Waals surface area (Å²) in [5.74, 6) is 1.40. The van der Waals surface area contributed by atoms with E-state index in [4.69, 9.17) is 5.11 Å². The van der Waals surface area contributed by atoms with Crippen molar-refractivity contribution in [3.63, 3.8) is 0 Å². The van der Waals surface area contributed by atoms with Crippen LogP contribution < -0.4 is 4.90 Å². The number of piperidine rings is 1. The maximum Gasteiger partial charge on any atom is 0.306 e. The maximum absolute atomic E-state index is 10.9. The number of aromatic amines is 1. The smallest absolute Gasteiger partial charge is 0.306 e. The van der Waals surface area contributed by atoms with Gasteiger partial charge in [0.15, 0.2) is 0 Å². The number of nitrogens with one attached hydrogen (secondary N) is 1. The number of nitrogens with zero attached hydrogens (tertiary/aromatic N) is 3. The van der Waals surface area contributed by atoms with Crippen molar-refractivity contribution in [1.82, 2.24) is 15.2 Å². The fraction of sp³-hybridized carbons (Fsp3) is 0.769. The first-order chi connectivity index (χ1) is 9.24. The van der Waals surface area contributed by atoms with Crippen LogP contribution >= 0.6 is 0 Å². The summed E-state index contributed by atoms with van der Waals surface area (Å²) in [5.41, 5.74) is 0. The molecule has 1 aromatic rings. The molecule has 6 heteroatoms. The number of hydrogen-bond donors (Lipinski definition) is 2. The highest BCUT2D eigenvalue weighted by atomic mass is 16.4. The molecule has 0 bridgehead atoms. The van der Waals surface area contributed by atoms with E-state index >= 15 is 0 Å². The van der Waals surface area contributed by atoms with E-state index in [2.05, 4.69) is 20.1 Å². The Morgan fingerprint density at radius 2 is 1.89 bits per heavy atom. The number of hydrogen-bond acceptors (Lipinski definition) is 4. The molecular formula is C13H20N4O2. The Bertz CT molecular complexity index is 445. The maximum atomic E-state index is 10.9. The fourth-order valence-electron chi connectivity index (χ4n) is 3.11. The van der Waals surface area contributed by atoms with E-state index in [9.17, 15) is 4.79 Å². The summed E-state index contributed by atoms with van der Waals surface area (Å²) in [6, 6.07) is 0. The summed E-state index contributed by atoms with van der Waals surface area (Å²) < 4.78 is 0. The Kier molecular flexibility index (Phi) is 3.40. The summed E-state index contributed by atoms with van der Waals surface area (Å²) in [6.07, 6.45) is 6.34. The number of H-pyrrole nitrogens is 1. The second kappa shape index (κ2) is 5.19. The van der Waals surface area contributed by atoms with Crippen LogP contribution in [0.5, 0.6) is 0 Å². The van der Waals surface area contributed by atoms with Crippen LogP contribution in [-0.2, 0) is 4.79 Å². The lowest BCUT2D eigenvalue weighted by atomic mass is 9.97. The van der Waals surface area contributed by atoms with Gasteiger partial charge < -0.3 is 10.0 Å². The molecule has 0 atom stereocenters. The molecule has 0 aromatic carbocycles. The van der Waals surface area contributed by atoms with Crippen molar-refractivity contribution in [3.8, 4) is 0 Å². The number of carbonyl (C=O) groups is 1. The highest BCUT2D eigenvalue weighted by Crippen LogP contribution is 2.32. The van der Waals surface area contributed by atoms with Crippen molar-refractivity contribution >= 4 is 11.9 Å². The number of carboxylic acids is 1. The van der Waals surface area contributed by atoms with Crippen LogP contribution in [0.3, 0.4) is 0 Å². The molecule has 1 aromatic heterocycles. The molecule has 0 spiro atoms. The Labute approximate surface area is 112 Å². The zero-order valence-corrected chi connectivity index (χ0v) is 11.0. The summed E-state index contributed by atoms with van der Waals surface area (Å²) >= 11 is 0. The molecule has 0 radical (unpaired) electrons. The summed E-state index contributed by atoms with van der Waals surface area (Å²) in [4.78, 5) is 17.6. The second-order valence-electron chi connectivity index (χ2n) is 5.60. The lowest BCUT2D eigenvalue weighted by Gasteiger charge is -2.28. The van der Waals surface area contributed by atoms with E-state index in [0.717, 1.165) is 24.9 Å². The Balaban J connectivity index is 1.62. The van der Waals surface area contributed by atoms with Crippen LogP contribution in [0.2, 0.25) is 0 Å².